The lowest BCUT2D eigenvalue weighted by Crippen LogP contribution is -2.40. The summed E-state index contributed by atoms with van der Waals surface area (Å²) in [6.45, 7) is 3.82. The first-order valence-electron chi connectivity index (χ1n) is 3.14. The van der Waals surface area contributed by atoms with Gasteiger partial charge in [-0.1, -0.05) is 29.5 Å². The van der Waals surface area contributed by atoms with Gasteiger partial charge in [0, 0.05) is 13.5 Å². The third-order valence-electron chi connectivity index (χ3n) is 1.60. The van der Waals surface area contributed by atoms with Gasteiger partial charge in [0.15, 0.2) is 0 Å². The normalized spacial score (nSPS) is 20.1. The molecule has 0 spiro atoms. The molecule has 0 heterocycles. The summed E-state index contributed by atoms with van der Waals surface area (Å²) in [7, 11) is 1.52. The second kappa shape index (κ2) is 4.48. The van der Waals surface area contributed by atoms with E-state index in [1.165, 1.54) is 7.11 Å². The molecule has 0 aromatic heterocycles. The lowest BCUT2D eigenvalue weighted by atomic mass is 10.1. The van der Waals surface area contributed by atoms with Gasteiger partial charge in [-0.3, -0.25) is 0 Å². The Morgan fingerprint density at radius 2 is 2.20 bits per heavy atom. The van der Waals surface area contributed by atoms with E-state index in [2.05, 4.69) is 27.5 Å². The van der Waals surface area contributed by atoms with Gasteiger partial charge in [-0.2, -0.15) is 0 Å². The van der Waals surface area contributed by atoms with Crippen molar-refractivity contribution in [2.45, 2.75) is 30.0 Å². The van der Waals surface area contributed by atoms with E-state index in [9.17, 15) is 0 Å². The molecule has 0 aliphatic heterocycles. The van der Waals surface area contributed by atoms with Crippen molar-refractivity contribution < 1.29 is 14.9 Å². The maximum atomic E-state index is 8.52. The van der Waals surface area contributed by atoms with Gasteiger partial charge in [0.05, 0.1) is 3.92 Å². The van der Waals surface area contributed by atoms with E-state index in [-0.39, 0.29) is 3.92 Å². The van der Waals surface area contributed by atoms with Crippen molar-refractivity contribution in [2.24, 2.45) is 0 Å². The third-order valence-corrected chi connectivity index (χ3v) is 2.55. The SMILES string of the molecule is CCC(OC)(OO)C(C)I. The van der Waals surface area contributed by atoms with Crippen LogP contribution < -0.4 is 0 Å². The Hall–Kier alpha value is 0.610. The van der Waals surface area contributed by atoms with E-state index in [0.29, 0.717) is 6.42 Å². The molecule has 3 nitrogen and oxygen atoms in total. The molecule has 0 saturated heterocycles. The highest BCUT2D eigenvalue weighted by molar-refractivity contribution is 14.1. The van der Waals surface area contributed by atoms with Crippen molar-refractivity contribution in [1.82, 2.24) is 0 Å². The molecule has 2 unspecified atom stereocenters. The van der Waals surface area contributed by atoms with Gasteiger partial charge in [-0.05, 0) is 6.92 Å². The Labute approximate surface area is 74.8 Å². The summed E-state index contributed by atoms with van der Waals surface area (Å²) in [5.41, 5.74) is 0. The first kappa shape index (κ1) is 10.6. The Kier molecular flexibility index (Phi) is 4.75. The molecule has 2 atom stereocenters. The molecular formula is C6H13IO3. The number of halogens is 1. The number of hydrogen-bond acceptors (Lipinski definition) is 3. The van der Waals surface area contributed by atoms with Crippen molar-refractivity contribution in [2.75, 3.05) is 7.11 Å². The fourth-order valence-electron chi connectivity index (χ4n) is 0.762. The molecule has 0 bridgehead atoms. The zero-order valence-electron chi connectivity index (χ0n) is 6.43. The molecule has 0 aliphatic rings. The molecule has 0 fully saturated rings. The predicted octanol–water partition coefficient (Wildman–Crippen LogP) is 2.05. The number of methoxy groups -OCH3 is 1. The van der Waals surface area contributed by atoms with E-state index >= 15 is 0 Å². The monoisotopic (exact) mass is 260 g/mol. The summed E-state index contributed by atoms with van der Waals surface area (Å²) in [6.07, 6.45) is 0.629. The Bertz CT molecular complexity index is 82.7. The van der Waals surface area contributed by atoms with Gasteiger partial charge >= 0.3 is 0 Å². The molecule has 1 N–H and O–H groups in total. The standard InChI is InChI=1S/C6H13IO3/c1-4-6(9-3,10-8)5(2)7/h5,8H,4H2,1-3H3. The molecule has 0 aliphatic carbocycles. The Morgan fingerprint density at radius 3 is 2.20 bits per heavy atom. The van der Waals surface area contributed by atoms with Crippen LogP contribution in [0.2, 0.25) is 0 Å². The molecule has 0 amide bonds. The van der Waals surface area contributed by atoms with Gasteiger partial charge in [0.2, 0.25) is 5.79 Å². The minimum atomic E-state index is -0.833. The van der Waals surface area contributed by atoms with Crippen molar-refractivity contribution in [3.63, 3.8) is 0 Å². The summed E-state index contributed by atoms with van der Waals surface area (Å²) < 4.78 is 5.13. The zero-order valence-corrected chi connectivity index (χ0v) is 8.58. The lowest BCUT2D eigenvalue weighted by molar-refractivity contribution is -0.396. The van der Waals surface area contributed by atoms with Crippen LogP contribution in [0.15, 0.2) is 0 Å². The molecule has 0 radical (unpaired) electrons. The van der Waals surface area contributed by atoms with Crippen LogP contribution in [0, 0.1) is 0 Å². The summed E-state index contributed by atoms with van der Waals surface area (Å²) in [5, 5.41) is 8.52. The highest BCUT2D eigenvalue weighted by Gasteiger charge is 2.34. The highest BCUT2D eigenvalue weighted by atomic mass is 127. The predicted molar refractivity (Wildman–Crippen MR) is 47.2 cm³/mol. The Balaban J connectivity index is 4.15. The van der Waals surface area contributed by atoms with Crippen LogP contribution in [-0.4, -0.2) is 22.1 Å². The molecular weight excluding hydrogens is 247 g/mol. The lowest BCUT2D eigenvalue weighted by Gasteiger charge is -2.29. The first-order valence-corrected chi connectivity index (χ1v) is 4.39. The first-order chi connectivity index (χ1) is 4.63. The summed E-state index contributed by atoms with van der Waals surface area (Å²) in [5.74, 6) is -0.833. The van der Waals surface area contributed by atoms with Gasteiger partial charge in [0.25, 0.3) is 0 Å². The van der Waals surface area contributed by atoms with Gasteiger partial charge in [0.1, 0.15) is 0 Å². The number of rotatable bonds is 4. The summed E-state index contributed by atoms with van der Waals surface area (Å²) in [6, 6.07) is 0. The van der Waals surface area contributed by atoms with Crippen LogP contribution >= 0.6 is 22.6 Å². The average Bonchev–Trinajstić information content (AvgIpc) is 1.92. The summed E-state index contributed by atoms with van der Waals surface area (Å²) in [4.78, 5) is 4.27. The van der Waals surface area contributed by atoms with E-state index in [0.717, 1.165) is 0 Å². The minimum absolute atomic E-state index is 0.116. The van der Waals surface area contributed by atoms with E-state index in [1.807, 2.05) is 13.8 Å². The van der Waals surface area contributed by atoms with Crippen molar-refractivity contribution in [1.29, 1.82) is 0 Å². The van der Waals surface area contributed by atoms with Crippen molar-refractivity contribution >= 4 is 22.6 Å². The minimum Gasteiger partial charge on any atom is -0.350 e. The number of alkyl halides is 1. The van der Waals surface area contributed by atoms with Crippen molar-refractivity contribution in [3.8, 4) is 0 Å². The summed E-state index contributed by atoms with van der Waals surface area (Å²) >= 11 is 2.15. The quantitative estimate of drug-likeness (QED) is 0.276. The average molecular weight is 260 g/mol. The van der Waals surface area contributed by atoms with Crippen LogP contribution in [0.1, 0.15) is 20.3 Å². The zero-order chi connectivity index (χ0) is 8.20. The van der Waals surface area contributed by atoms with Crippen molar-refractivity contribution in [3.05, 3.63) is 0 Å². The number of ether oxygens (including phenoxy) is 1. The fraction of sp³-hybridized carbons (Fsp3) is 1.00. The smallest absolute Gasteiger partial charge is 0.212 e. The molecule has 0 saturated carbocycles. The van der Waals surface area contributed by atoms with Gasteiger partial charge in [-0.15, -0.1) is 0 Å². The largest absolute Gasteiger partial charge is 0.350 e. The van der Waals surface area contributed by atoms with Gasteiger partial charge in [-0.25, -0.2) is 10.1 Å². The third kappa shape index (κ3) is 2.05. The molecule has 62 valence electrons. The molecule has 0 rings (SSSR count). The topological polar surface area (TPSA) is 38.7 Å². The molecule has 4 heteroatoms. The van der Waals surface area contributed by atoms with Crippen LogP contribution in [0.4, 0.5) is 0 Å². The Morgan fingerprint density at radius 1 is 1.70 bits per heavy atom. The molecule has 0 aromatic rings. The molecule has 10 heavy (non-hydrogen) atoms. The van der Waals surface area contributed by atoms with E-state index < -0.39 is 5.79 Å². The highest BCUT2D eigenvalue weighted by Crippen LogP contribution is 2.26. The van der Waals surface area contributed by atoms with Crippen LogP contribution in [0.3, 0.4) is 0 Å². The fourth-order valence-corrected chi connectivity index (χ4v) is 1.57. The maximum Gasteiger partial charge on any atom is 0.212 e. The second-order valence-corrected chi connectivity index (χ2v) is 3.95. The maximum absolute atomic E-state index is 8.52. The van der Waals surface area contributed by atoms with Crippen LogP contribution in [-0.2, 0) is 9.62 Å². The van der Waals surface area contributed by atoms with Crippen LogP contribution in [0.5, 0.6) is 0 Å². The van der Waals surface area contributed by atoms with E-state index in [1.54, 1.807) is 0 Å². The second-order valence-electron chi connectivity index (χ2n) is 2.08. The van der Waals surface area contributed by atoms with Crippen LogP contribution in [0.25, 0.3) is 0 Å². The number of hydrogen-bond donors (Lipinski definition) is 1. The molecule has 0 aromatic carbocycles. The van der Waals surface area contributed by atoms with Gasteiger partial charge < -0.3 is 4.74 Å². The van der Waals surface area contributed by atoms with E-state index in [4.69, 9.17) is 9.99 Å².